The molecule has 8 heteroatoms. The van der Waals surface area contributed by atoms with Crippen LogP contribution >= 0.6 is 11.8 Å². The quantitative estimate of drug-likeness (QED) is 0.521. The Labute approximate surface area is 190 Å². The summed E-state index contributed by atoms with van der Waals surface area (Å²) < 4.78 is 16.1. The Kier molecular flexibility index (Phi) is 6.51. The molecule has 0 radical (unpaired) electrons. The minimum Gasteiger partial charge on any atom is -0.496 e. The molecule has 2 amide bonds. The summed E-state index contributed by atoms with van der Waals surface area (Å²) in [6.07, 6.45) is 1.95. The molecule has 1 heterocycles. The molecule has 0 saturated carbocycles. The minimum absolute atomic E-state index is 0.197. The van der Waals surface area contributed by atoms with Crippen molar-refractivity contribution in [3.63, 3.8) is 0 Å². The number of hydrogen-bond acceptors (Lipinski definition) is 6. The molecule has 4 rings (SSSR count). The Morgan fingerprint density at radius 1 is 0.969 bits per heavy atom. The van der Waals surface area contributed by atoms with Crippen molar-refractivity contribution >= 4 is 29.3 Å². The predicted molar refractivity (Wildman–Crippen MR) is 123 cm³/mol. The molecule has 3 aromatic carbocycles. The topological polar surface area (TPSA) is 85.9 Å². The van der Waals surface area contributed by atoms with E-state index >= 15 is 0 Å². The molecule has 3 aromatic rings. The van der Waals surface area contributed by atoms with Gasteiger partial charge >= 0.3 is 0 Å². The number of hydrogen-bond donors (Lipinski definition) is 2. The number of carbonyl (C=O) groups excluding carboxylic acids is 2. The molecular weight excluding hydrogens is 428 g/mol. The van der Waals surface area contributed by atoms with Crippen LogP contribution in [0.15, 0.2) is 65.6 Å². The van der Waals surface area contributed by atoms with E-state index in [2.05, 4.69) is 10.6 Å². The van der Waals surface area contributed by atoms with E-state index in [-0.39, 0.29) is 18.6 Å². The number of para-hydroxylation sites is 1. The number of ether oxygens (including phenoxy) is 3. The van der Waals surface area contributed by atoms with Gasteiger partial charge in [-0.1, -0.05) is 18.2 Å². The third-order valence-electron chi connectivity index (χ3n) is 4.96. The highest BCUT2D eigenvalue weighted by molar-refractivity contribution is 7.98. The smallest absolute Gasteiger partial charge is 0.259 e. The van der Waals surface area contributed by atoms with Crippen LogP contribution < -0.4 is 24.8 Å². The molecule has 0 saturated heterocycles. The SMILES string of the molecule is COc1cc(SC)ccc1C(=O)Nc1ccccc1C(=O)NCc1ccc2c(c1)OCO2. The number of rotatable bonds is 7. The zero-order chi connectivity index (χ0) is 22.5. The van der Waals surface area contributed by atoms with E-state index in [1.54, 1.807) is 42.1 Å². The number of thioether (sulfide) groups is 1. The van der Waals surface area contributed by atoms with E-state index < -0.39 is 0 Å². The van der Waals surface area contributed by atoms with Gasteiger partial charge in [0.1, 0.15) is 5.75 Å². The maximum absolute atomic E-state index is 12.9. The van der Waals surface area contributed by atoms with E-state index in [9.17, 15) is 9.59 Å². The van der Waals surface area contributed by atoms with Gasteiger partial charge in [-0.15, -0.1) is 11.8 Å². The maximum atomic E-state index is 12.9. The first-order valence-electron chi connectivity index (χ1n) is 9.88. The predicted octanol–water partition coefficient (Wildman–Crippen LogP) is 4.33. The van der Waals surface area contributed by atoms with Crippen LogP contribution in [-0.2, 0) is 6.54 Å². The molecule has 1 aliphatic heterocycles. The Morgan fingerprint density at radius 2 is 1.78 bits per heavy atom. The van der Waals surface area contributed by atoms with Gasteiger partial charge in [0.15, 0.2) is 11.5 Å². The van der Waals surface area contributed by atoms with Gasteiger partial charge in [0.2, 0.25) is 6.79 Å². The standard InChI is InChI=1S/C24H22N2O5S/c1-29-21-12-16(32-2)8-9-18(21)24(28)26-19-6-4-3-5-17(19)23(27)25-13-15-7-10-20-22(11-15)31-14-30-20/h3-12H,13-14H2,1-2H3,(H,25,27)(H,26,28). The van der Waals surface area contributed by atoms with Crippen LogP contribution in [0.2, 0.25) is 0 Å². The Balaban J connectivity index is 1.47. The van der Waals surface area contributed by atoms with Crippen LogP contribution in [0.25, 0.3) is 0 Å². The van der Waals surface area contributed by atoms with Crippen molar-refractivity contribution in [2.24, 2.45) is 0 Å². The molecule has 0 aromatic heterocycles. The number of amides is 2. The van der Waals surface area contributed by atoms with Crippen molar-refractivity contribution < 1.29 is 23.8 Å². The highest BCUT2D eigenvalue weighted by Crippen LogP contribution is 2.32. The second-order valence-corrected chi connectivity index (χ2v) is 7.82. The van der Waals surface area contributed by atoms with Crippen molar-refractivity contribution in [2.75, 3.05) is 25.5 Å². The number of anilines is 1. The molecular formula is C24H22N2O5S. The summed E-state index contributed by atoms with van der Waals surface area (Å²) in [5.74, 6) is 1.16. The van der Waals surface area contributed by atoms with Gasteiger partial charge in [-0.05, 0) is 54.3 Å². The van der Waals surface area contributed by atoms with Crippen molar-refractivity contribution in [2.45, 2.75) is 11.4 Å². The average molecular weight is 451 g/mol. The fourth-order valence-corrected chi connectivity index (χ4v) is 3.72. The molecule has 32 heavy (non-hydrogen) atoms. The Morgan fingerprint density at radius 3 is 2.59 bits per heavy atom. The normalized spacial score (nSPS) is 11.7. The molecule has 7 nitrogen and oxygen atoms in total. The van der Waals surface area contributed by atoms with Crippen molar-refractivity contribution in [3.8, 4) is 17.2 Å². The molecule has 2 N–H and O–H groups in total. The van der Waals surface area contributed by atoms with Crippen molar-refractivity contribution in [1.29, 1.82) is 0 Å². The number of methoxy groups -OCH3 is 1. The Hall–Kier alpha value is -3.65. The van der Waals surface area contributed by atoms with Gasteiger partial charge in [-0.25, -0.2) is 0 Å². The van der Waals surface area contributed by atoms with Gasteiger partial charge in [-0.3, -0.25) is 9.59 Å². The third-order valence-corrected chi connectivity index (χ3v) is 5.69. The molecule has 0 spiro atoms. The molecule has 0 aliphatic carbocycles. The van der Waals surface area contributed by atoms with E-state index in [1.165, 1.54) is 7.11 Å². The molecule has 0 atom stereocenters. The number of carbonyl (C=O) groups is 2. The van der Waals surface area contributed by atoms with Crippen LogP contribution in [-0.4, -0.2) is 32.0 Å². The molecule has 0 unspecified atom stereocenters. The lowest BCUT2D eigenvalue weighted by Gasteiger charge is -2.13. The van der Waals surface area contributed by atoms with E-state index in [0.29, 0.717) is 40.6 Å². The van der Waals surface area contributed by atoms with Crippen molar-refractivity contribution in [1.82, 2.24) is 5.32 Å². The second-order valence-electron chi connectivity index (χ2n) is 6.94. The summed E-state index contributed by atoms with van der Waals surface area (Å²) in [5, 5.41) is 5.71. The van der Waals surface area contributed by atoms with E-state index in [4.69, 9.17) is 14.2 Å². The summed E-state index contributed by atoms with van der Waals surface area (Å²) in [6.45, 7) is 0.505. The fraction of sp³-hybridized carbons (Fsp3) is 0.167. The van der Waals surface area contributed by atoms with Gasteiger partial charge in [0.25, 0.3) is 11.8 Å². The van der Waals surface area contributed by atoms with Crippen LogP contribution in [0, 0.1) is 0 Å². The highest BCUT2D eigenvalue weighted by atomic mass is 32.2. The molecule has 1 aliphatic rings. The largest absolute Gasteiger partial charge is 0.496 e. The first kappa shape index (κ1) is 21.6. The molecule has 164 valence electrons. The number of fused-ring (bicyclic) bond motifs is 1. The highest BCUT2D eigenvalue weighted by Gasteiger charge is 2.18. The maximum Gasteiger partial charge on any atom is 0.259 e. The lowest BCUT2D eigenvalue weighted by Crippen LogP contribution is -2.25. The summed E-state index contributed by atoms with van der Waals surface area (Å²) in [4.78, 5) is 26.7. The lowest BCUT2D eigenvalue weighted by atomic mass is 10.1. The third kappa shape index (κ3) is 4.65. The zero-order valence-corrected chi connectivity index (χ0v) is 18.5. The second kappa shape index (κ2) is 9.65. The first-order chi connectivity index (χ1) is 15.6. The molecule has 0 fully saturated rings. The lowest BCUT2D eigenvalue weighted by molar-refractivity contribution is 0.0951. The van der Waals surface area contributed by atoms with Gasteiger partial charge in [0, 0.05) is 11.4 Å². The van der Waals surface area contributed by atoms with Gasteiger partial charge in [0.05, 0.1) is 23.9 Å². The van der Waals surface area contributed by atoms with Crippen LogP contribution in [0.3, 0.4) is 0 Å². The summed E-state index contributed by atoms with van der Waals surface area (Å²) in [7, 11) is 1.52. The van der Waals surface area contributed by atoms with Crippen molar-refractivity contribution in [3.05, 3.63) is 77.4 Å². The van der Waals surface area contributed by atoms with Crippen LogP contribution in [0.4, 0.5) is 5.69 Å². The minimum atomic E-state index is -0.356. The van der Waals surface area contributed by atoms with E-state index in [0.717, 1.165) is 10.5 Å². The van der Waals surface area contributed by atoms with Gasteiger partial charge in [-0.2, -0.15) is 0 Å². The number of benzene rings is 3. The van der Waals surface area contributed by atoms with E-state index in [1.807, 2.05) is 36.6 Å². The Bertz CT molecular complexity index is 1160. The van der Waals surface area contributed by atoms with Gasteiger partial charge < -0.3 is 24.8 Å². The monoisotopic (exact) mass is 450 g/mol. The number of nitrogens with one attached hydrogen (secondary N) is 2. The zero-order valence-electron chi connectivity index (χ0n) is 17.6. The fourth-order valence-electron chi connectivity index (χ4n) is 3.29. The molecule has 0 bridgehead atoms. The van der Waals surface area contributed by atoms with Crippen LogP contribution in [0.1, 0.15) is 26.3 Å². The summed E-state index contributed by atoms with van der Waals surface area (Å²) in [6, 6.07) is 17.8. The summed E-state index contributed by atoms with van der Waals surface area (Å²) in [5.41, 5.74) is 2.04. The summed E-state index contributed by atoms with van der Waals surface area (Å²) >= 11 is 1.56. The first-order valence-corrected chi connectivity index (χ1v) is 11.1. The van der Waals surface area contributed by atoms with Crippen LogP contribution in [0.5, 0.6) is 17.2 Å². The average Bonchev–Trinajstić information content (AvgIpc) is 3.30.